The maximum Gasteiger partial charge on any atom is 0.163 e. The molecule has 5 aliphatic rings. The SMILES string of the molecule is C[C@@]12CCC[C@H]1[C@@H]1CC[C@@H]3C[C@@H](O)C(C4OCCO4)C[C@]3(C)[C@H]1CC2. The van der Waals surface area contributed by atoms with Crippen LogP contribution in [0.25, 0.3) is 0 Å². The molecule has 1 N–H and O–H groups in total. The number of hydrogen-bond acceptors (Lipinski definition) is 3. The largest absolute Gasteiger partial charge is 0.393 e. The van der Waals surface area contributed by atoms with Gasteiger partial charge < -0.3 is 14.6 Å². The van der Waals surface area contributed by atoms with Crippen LogP contribution in [0.5, 0.6) is 0 Å². The fraction of sp³-hybridized carbons (Fsp3) is 1.00. The van der Waals surface area contributed by atoms with E-state index in [4.69, 9.17) is 9.47 Å². The van der Waals surface area contributed by atoms with Crippen LogP contribution in [0.1, 0.15) is 71.6 Å². The summed E-state index contributed by atoms with van der Waals surface area (Å²) < 4.78 is 11.7. The van der Waals surface area contributed by atoms with E-state index in [-0.39, 0.29) is 18.3 Å². The fourth-order valence-electron chi connectivity index (χ4n) is 8.24. The Morgan fingerprint density at radius 2 is 1.68 bits per heavy atom. The third-order valence-corrected chi connectivity index (χ3v) is 9.54. The van der Waals surface area contributed by atoms with Crippen molar-refractivity contribution in [1.82, 2.24) is 0 Å². The van der Waals surface area contributed by atoms with Gasteiger partial charge in [0.05, 0.1) is 19.3 Å². The van der Waals surface area contributed by atoms with Gasteiger partial charge in [0.15, 0.2) is 6.29 Å². The van der Waals surface area contributed by atoms with E-state index in [2.05, 4.69) is 13.8 Å². The molecule has 0 bridgehead atoms. The number of aliphatic hydroxyl groups is 1. The van der Waals surface area contributed by atoms with E-state index in [1.165, 1.54) is 44.9 Å². The van der Waals surface area contributed by atoms with Crippen LogP contribution in [-0.2, 0) is 9.47 Å². The Morgan fingerprint density at radius 1 is 0.880 bits per heavy atom. The highest BCUT2D eigenvalue weighted by Crippen LogP contribution is 2.66. The van der Waals surface area contributed by atoms with E-state index in [1.54, 1.807) is 0 Å². The Morgan fingerprint density at radius 3 is 2.48 bits per heavy atom. The smallest absolute Gasteiger partial charge is 0.163 e. The first-order valence-corrected chi connectivity index (χ1v) is 10.9. The molecule has 1 aliphatic heterocycles. The third-order valence-electron chi connectivity index (χ3n) is 9.54. The monoisotopic (exact) mass is 348 g/mol. The van der Waals surface area contributed by atoms with Crippen LogP contribution in [0, 0.1) is 40.4 Å². The van der Waals surface area contributed by atoms with Gasteiger partial charge in [0.2, 0.25) is 0 Å². The fourth-order valence-corrected chi connectivity index (χ4v) is 8.24. The molecule has 5 rings (SSSR count). The molecule has 8 atom stereocenters. The molecule has 3 nitrogen and oxygen atoms in total. The predicted octanol–water partition coefficient (Wildman–Crippen LogP) is 4.38. The second kappa shape index (κ2) is 5.94. The van der Waals surface area contributed by atoms with Crippen LogP contribution in [0.4, 0.5) is 0 Å². The van der Waals surface area contributed by atoms with Crippen molar-refractivity contribution in [3.8, 4) is 0 Å². The van der Waals surface area contributed by atoms with Gasteiger partial charge in [-0.2, -0.15) is 0 Å². The van der Waals surface area contributed by atoms with Crippen LogP contribution >= 0.6 is 0 Å². The Kier molecular flexibility index (Phi) is 4.04. The molecule has 5 fully saturated rings. The van der Waals surface area contributed by atoms with Crippen LogP contribution in [-0.4, -0.2) is 30.7 Å². The lowest BCUT2D eigenvalue weighted by Crippen LogP contribution is -2.56. The second-order valence-electron chi connectivity index (χ2n) is 10.5. The van der Waals surface area contributed by atoms with Gasteiger partial charge in [0.1, 0.15) is 0 Å². The molecule has 25 heavy (non-hydrogen) atoms. The average Bonchev–Trinajstić information content (AvgIpc) is 3.23. The van der Waals surface area contributed by atoms with Gasteiger partial charge in [0, 0.05) is 5.92 Å². The minimum atomic E-state index is -0.238. The van der Waals surface area contributed by atoms with Crippen molar-refractivity contribution in [3.63, 3.8) is 0 Å². The first-order chi connectivity index (χ1) is 12.0. The van der Waals surface area contributed by atoms with E-state index >= 15 is 0 Å². The Labute approximate surface area is 152 Å². The number of fused-ring (bicyclic) bond motifs is 5. The predicted molar refractivity (Wildman–Crippen MR) is 96.9 cm³/mol. The lowest BCUT2D eigenvalue weighted by Gasteiger charge is -2.61. The molecule has 4 saturated carbocycles. The molecule has 0 aromatic carbocycles. The molecule has 0 radical (unpaired) electrons. The molecule has 0 aromatic rings. The van der Waals surface area contributed by atoms with Crippen LogP contribution in [0.3, 0.4) is 0 Å². The van der Waals surface area contributed by atoms with E-state index in [0.29, 0.717) is 30.0 Å². The van der Waals surface area contributed by atoms with E-state index in [9.17, 15) is 5.11 Å². The summed E-state index contributed by atoms with van der Waals surface area (Å²) in [6.07, 6.45) is 11.7. The van der Waals surface area contributed by atoms with Gasteiger partial charge in [-0.1, -0.05) is 20.3 Å². The maximum absolute atomic E-state index is 10.8. The maximum atomic E-state index is 10.8. The summed E-state index contributed by atoms with van der Waals surface area (Å²) in [7, 11) is 0. The molecular formula is C22H36O3. The van der Waals surface area contributed by atoms with Crippen molar-refractivity contribution in [2.24, 2.45) is 40.4 Å². The highest BCUT2D eigenvalue weighted by atomic mass is 16.7. The first-order valence-electron chi connectivity index (χ1n) is 10.9. The standard InChI is InChI=1S/C22H36O3/c1-21-8-3-4-17(21)15-6-5-14-12-19(23)16(20-24-10-11-25-20)13-22(14,2)18(15)7-9-21/h14-20,23H,3-13H2,1-2H3/t14-,15+,16?,17+,18+,19-,21+,22+/m1/s1. The van der Waals surface area contributed by atoms with Crippen molar-refractivity contribution in [3.05, 3.63) is 0 Å². The van der Waals surface area contributed by atoms with Gasteiger partial charge in [-0.25, -0.2) is 0 Å². The number of ether oxygens (including phenoxy) is 2. The van der Waals surface area contributed by atoms with E-state index in [1.807, 2.05) is 0 Å². The summed E-state index contributed by atoms with van der Waals surface area (Å²) >= 11 is 0. The summed E-state index contributed by atoms with van der Waals surface area (Å²) in [6.45, 7) is 6.55. The van der Waals surface area contributed by atoms with Gasteiger partial charge >= 0.3 is 0 Å². The zero-order valence-corrected chi connectivity index (χ0v) is 16.1. The van der Waals surface area contributed by atoms with Crippen molar-refractivity contribution in [1.29, 1.82) is 0 Å². The van der Waals surface area contributed by atoms with Gasteiger partial charge in [0.25, 0.3) is 0 Å². The van der Waals surface area contributed by atoms with Gasteiger partial charge in [-0.05, 0) is 85.9 Å². The molecule has 3 heteroatoms. The molecule has 1 unspecified atom stereocenters. The molecule has 0 aromatic heterocycles. The second-order valence-corrected chi connectivity index (χ2v) is 10.5. The molecule has 1 heterocycles. The molecule has 142 valence electrons. The topological polar surface area (TPSA) is 38.7 Å². The molecule has 1 saturated heterocycles. The van der Waals surface area contributed by atoms with E-state index in [0.717, 1.165) is 30.6 Å². The summed E-state index contributed by atoms with van der Waals surface area (Å²) in [6, 6.07) is 0. The van der Waals surface area contributed by atoms with Crippen LogP contribution in [0.15, 0.2) is 0 Å². The number of hydrogen-bond donors (Lipinski definition) is 1. The number of aliphatic hydroxyl groups excluding tert-OH is 1. The lowest BCUT2D eigenvalue weighted by atomic mass is 9.44. The van der Waals surface area contributed by atoms with Crippen molar-refractivity contribution >= 4 is 0 Å². The Balaban J connectivity index is 1.42. The summed E-state index contributed by atoms with van der Waals surface area (Å²) in [5.74, 6) is 3.64. The normalized spacial score (nSPS) is 56.3. The minimum Gasteiger partial charge on any atom is -0.393 e. The van der Waals surface area contributed by atoms with Gasteiger partial charge in [-0.3, -0.25) is 0 Å². The lowest BCUT2D eigenvalue weighted by molar-refractivity contribution is -0.189. The highest BCUT2D eigenvalue weighted by Gasteiger charge is 2.59. The minimum absolute atomic E-state index is 0.159. The van der Waals surface area contributed by atoms with Crippen LogP contribution < -0.4 is 0 Å². The highest BCUT2D eigenvalue weighted by molar-refractivity contribution is 5.08. The van der Waals surface area contributed by atoms with E-state index < -0.39 is 0 Å². The quantitative estimate of drug-likeness (QED) is 0.764. The first kappa shape index (κ1) is 17.0. The zero-order chi connectivity index (χ0) is 17.2. The average molecular weight is 349 g/mol. The molecule has 4 aliphatic carbocycles. The zero-order valence-electron chi connectivity index (χ0n) is 16.1. The summed E-state index contributed by atoms with van der Waals surface area (Å²) in [5.41, 5.74) is 1.02. The Hall–Kier alpha value is -0.120. The Bertz CT molecular complexity index is 515. The van der Waals surface area contributed by atoms with Crippen molar-refractivity contribution in [2.45, 2.75) is 84.0 Å². The molecule has 0 amide bonds. The van der Waals surface area contributed by atoms with Gasteiger partial charge in [-0.15, -0.1) is 0 Å². The van der Waals surface area contributed by atoms with Crippen LogP contribution in [0.2, 0.25) is 0 Å². The van der Waals surface area contributed by atoms with Crippen molar-refractivity contribution in [2.75, 3.05) is 13.2 Å². The summed E-state index contributed by atoms with van der Waals surface area (Å²) in [4.78, 5) is 0. The summed E-state index contributed by atoms with van der Waals surface area (Å²) in [5, 5.41) is 10.8. The molecule has 0 spiro atoms. The number of rotatable bonds is 1. The molecular weight excluding hydrogens is 312 g/mol. The van der Waals surface area contributed by atoms with Crippen molar-refractivity contribution < 1.29 is 14.6 Å². The third kappa shape index (κ3) is 2.48.